The van der Waals surface area contributed by atoms with Crippen molar-refractivity contribution in [2.45, 2.75) is 11.1 Å². The fraction of sp³-hybridized carbons (Fsp3) is 0.0667. The smallest absolute Gasteiger partial charge is 0.349 e. The molecule has 0 N–H and O–H groups in total. The van der Waals surface area contributed by atoms with Gasteiger partial charge in [-0.05, 0) is 35.4 Å². The maximum Gasteiger partial charge on any atom is 0.349 e. The molecule has 4 aromatic carbocycles. The number of carbonyl (C=O) groups excluding carboxylic acids is 2. The molecule has 2 atom stereocenters. The van der Waals surface area contributed by atoms with Gasteiger partial charge in [-0.3, -0.25) is 0 Å². The van der Waals surface area contributed by atoms with E-state index in [1.54, 1.807) is 72.8 Å². The van der Waals surface area contributed by atoms with Gasteiger partial charge in [0.05, 0.1) is 0 Å². The van der Waals surface area contributed by atoms with Crippen LogP contribution in [0.15, 0.2) is 131 Å². The van der Waals surface area contributed by atoms with E-state index in [1.165, 1.54) is 0 Å². The summed E-state index contributed by atoms with van der Waals surface area (Å²) in [5.74, 6) is -1.16. The second-order valence-electron chi connectivity index (χ2n) is 8.50. The molecular formula is C30H20N2O4. The van der Waals surface area contributed by atoms with E-state index < -0.39 is 23.0 Å². The average molecular weight is 473 g/mol. The Morgan fingerprint density at radius 2 is 0.750 bits per heavy atom. The SMILES string of the molecule is O=C1OC(c2ccccc2)=NC1(c1ccccc1)C1(c2ccccc2)N=C(c2ccccc2)OC1=O. The van der Waals surface area contributed by atoms with Gasteiger partial charge in [0.2, 0.25) is 22.9 Å². The molecule has 36 heavy (non-hydrogen) atoms. The predicted octanol–water partition coefficient (Wildman–Crippen LogP) is 4.78. The van der Waals surface area contributed by atoms with Crippen LogP contribution in [0.25, 0.3) is 0 Å². The summed E-state index contributed by atoms with van der Waals surface area (Å²) >= 11 is 0. The maximum absolute atomic E-state index is 14.0. The fourth-order valence-electron chi connectivity index (χ4n) is 4.77. The minimum atomic E-state index is -1.85. The summed E-state index contributed by atoms with van der Waals surface area (Å²) in [6.45, 7) is 0. The summed E-state index contributed by atoms with van der Waals surface area (Å²) in [4.78, 5) is 37.8. The zero-order valence-electron chi connectivity index (χ0n) is 19.1. The first-order valence-electron chi connectivity index (χ1n) is 11.5. The number of hydrogen-bond donors (Lipinski definition) is 0. The first-order valence-corrected chi connectivity index (χ1v) is 11.5. The molecule has 2 aliphatic heterocycles. The Morgan fingerprint density at radius 3 is 1.08 bits per heavy atom. The molecule has 2 heterocycles. The zero-order chi connectivity index (χ0) is 24.6. The van der Waals surface area contributed by atoms with Gasteiger partial charge in [-0.15, -0.1) is 0 Å². The first kappa shape index (κ1) is 21.7. The minimum absolute atomic E-state index is 0.121. The molecule has 0 radical (unpaired) electrons. The van der Waals surface area contributed by atoms with Gasteiger partial charge < -0.3 is 9.47 Å². The van der Waals surface area contributed by atoms with Crippen LogP contribution in [-0.2, 0) is 30.1 Å². The summed E-state index contributed by atoms with van der Waals surface area (Å²) in [5, 5.41) is 0. The van der Waals surface area contributed by atoms with Crippen molar-refractivity contribution < 1.29 is 19.1 Å². The molecule has 0 fully saturated rings. The Bertz CT molecular complexity index is 1390. The predicted molar refractivity (Wildman–Crippen MR) is 134 cm³/mol. The van der Waals surface area contributed by atoms with E-state index in [4.69, 9.17) is 19.5 Å². The molecule has 0 spiro atoms. The quantitative estimate of drug-likeness (QED) is 0.392. The van der Waals surface area contributed by atoms with Crippen LogP contribution in [0.1, 0.15) is 22.3 Å². The van der Waals surface area contributed by atoms with Crippen LogP contribution in [0.2, 0.25) is 0 Å². The fourth-order valence-corrected chi connectivity index (χ4v) is 4.77. The highest BCUT2D eigenvalue weighted by atomic mass is 16.6. The lowest BCUT2D eigenvalue weighted by Gasteiger charge is -2.36. The number of hydrogen-bond acceptors (Lipinski definition) is 6. The van der Waals surface area contributed by atoms with E-state index in [1.807, 2.05) is 48.5 Å². The second kappa shape index (κ2) is 8.43. The van der Waals surface area contributed by atoms with Crippen LogP contribution in [0.4, 0.5) is 0 Å². The summed E-state index contributed by atoms with van der Waals surface area (Å²) < 4.78 is 11.6. The number of carbonyl (C=O) groups is 2. The van der Waals surface area contributed by atoms with Crippen LogP contribution in [0.3, 0.4) is 0 Å². The third-order valence-corrected chi connectivity index (χ3v) is 6.46. The number of benzene rings is 4. The second-order valence-corrected chi connectivity index (χ2v) is 8.50. The van der Waals surface area contributed by atoms with Crippen molar-refractivity contribution in [3.05, 3.63) is 144 Å². The normalized spacial score (nSPS) is 23.0. The Kier molecular flexibility index (Phi) is 5.08. The number of aliphatic imine (C=N–C) groups is 2. The summed E-state index contributed by atoms with van der Waals surface area (Å²) in [5.41, 5.74) is -1.53. The molecule has 4 aromatic rings. The van der Waals surface area contributed by atoms with Crippen molar-refractivity contribution in [3.63, 3.8) is 0 Å². The Balaban J connectivity index is 1.69. The van der Waals surface area contributed by atoms with Gasteiger partial charge >= 0.3 is 11.9 Å². The Morgan fingerprint density at radius 1 is 0.444 bits per heavy atom. The Labute approximate surface area is 207 Å². The van der Waals surface area contributed by atoms with Gasteiger partial charge in [0.1, 0.15) is 0 Å². The molecule has 0 aromatic heterocycles. The molecule has 0 amide bonds. The van der Waals surface area contributed by atoms with Gasteiger partial charge in [0.15, 0.2) is 0 Å². The molecule has 0 aliphatic carbocycles. The zero-order valence-corrected chi connectivity index (χ0v) is 19.1. The van der Waals surface area contributed by atoms with Crippen LogP contribution in [0, 0.1) is 0 Å². The summed E-state index contributed by atoms with van der Waals surface area (Å²) in [7, 11) is 0. The highest BCUT2D eigenvalue weighted by molar-refractivity contribution is 6.15. The number of rotatable bonds is 5. The highest BCUT2D eigenvalue weighted by Gasteiger charge is 2.71. The number of nitrogens with zero attached hydrogens (tertiary/aromatic N) is 2. The number of esters is 2. The van der Waals surface area contributed by atoms with E-state index in [0.29, 0.717) is 22.3 Å². The van der Waals surface area contributed by atoms with Gasteiger partial charge in [0, 0.05) is 11.1 Å². The molecule has 6 heteroatoms. The molecule has 6 nitrogen and oxygen atoms in total. The number of cyclic esters (lactones) is 2. The highest BCUT2D eigenvalue weighted by Crippen LogP contribution is 2.53. The van der Waals surface area contributed by atoms with Crippen molar-refractivity contribution in [2.24, 2.45) is 9.98 Å². The van der Waals surface area contributed by atoms with Crippen molar-refractivity contribution in [3.8, 4) is 0 Å². The topological polar surface area (TPSA) is 77.3 Å². The Hall–Kier alpha value is -4.84. The third kappa shape index (κ3) is 3.11. The van der Waals surface area contributed by atoms with Crippen molar-refractivity contribution in [1.29, 1.82) is 0 Å². The molecule has 2 unspecified atom stereocenters. The van der Waals surface area contributed by atoms with Crippen molar-refractivity contribution in [2.75, 3.05) is 0 Å². The summed E-state index contributed by atoms with van der Waals surface area (Å²) in [6.07, 6.45) is 0. The molecule has 0 bridgehead atoms. The largest absolute Gasteiger partial charge is 0.405 e. The van der Waals surface area contributed by atoms with E-state index >= 15 is 0 Å². The lowest BCUT2D eigenvalue weighted by Crippen LogP contribution is -2.54. The molecule has 174 valence electrons. The van der Waals surface area contributed by atoms with Crippen LogP contribution < -0.4 is 0 Å². The number of ether oxygens (including phenoxy) is 2. The van der Waals surface area contributed by atoms with Crippen LogP contribution >= 0.6 is 0 Å². The minimum Gasteiger partial charge on any atom is -0.405 e. The third-order valence-electron chi connectivity index (χ3n) is 6.46. The molecule has 6 rings (SSSR count). The lowest BCUT2D eigenvalue weighted by molar-refractivity contribution is -0.152. The molecule has 0 saturated carbocycles. The van der Waals surface area contributed by atoms with E-state index in [2.05, 4.69) is 0 Å². The molecule has 2 aliphatic rings. The molecular weight excluding hydrogens is 452 g/mol. The summed E-state index contributed by atoms with van der Waals surface area (Å²) in [6, 6.07) is 36.1. The van der Waals surface area contributed by atoms with E-state index in [0.717, 1.165) is 0 Å². The van der Waals surface area contributed by atoms with E-state index in [-0.39, 0.29) is 11.8 Å². The first-order chi connectivity index (χ1) is 17.6. The maximum atomic E-state index is 14.0. The standard InChI is InChI=1S/C30H20N2O4/c33-27-29(23-17-9-3-10-18-23,31-25(35-27)21-13-5-1-6-14-21)30(24-19-11-4-12-20-24)28(34)36-26(32-30)22-15-7-2-8-16-22/h1-20H. The molecule has 0 saturated heterocycles. The van der Waals surface area contributed by atoms with Gasteiger partial charge in [-0.1, -0.05) is 97.1 Å². The van der Waals surface area contributed by atoms with Gasteiger partial charge in [-0.2, -0.15) is 0 Å². The lowest BCUT2D eigenvalue weighted by atomic mass is 9.69. The van der Waals surface area contributed by atoms with E-state index in [9.17, 15) is 9.59 Å². The van der Waals surface area contributed by atoms with Crippen LogP contribution in [-0.4, -0.2) is 23.7 Å². The van der Waals surface area contributed by atoms with Gasteiger partial charge in [0.25, 0.3) is 0 Å². The van der Waals surface area contributed by atoms with Crippen molar-refractivity contribution >= 4 is 23.7 Å². The monoisotopic (exact) mass is 472 g/mol. The van der Waals surface area contributed by atoms with Crippen LogP contribution in [0.5, 0.6) is 0 Å². The van der Waals surface area contributed by atoms with Crippen molar-refractivity contribution in [1.82, 2.24) is 0 Å². The van der Waals surface area contributed by atoms with Gasteiger partial charge in [-0.25, -0.2) is 19.6 Å². The average Bonchev–Trinajstić information content (AvgIpc) is 3.49.